The van der Waals surface area contributed by atoms with Crippen LogP contribution in [0.25, 0.3) is 11.5 Å². The minimum Gasteiger partial charge on any atom is -0.497 e. The van der Waals surface area contributed by atoms with E-state index >= 15 is 0 Å². The highest BCUT2D eigenvalue weighted by Gasteiger charge is 2.93. The van der Waals surface area contributed by atoms with Crippen LogP contribution in [0.3, 0.4) is 0 Å². The van der Waals surface area contributed by atoms with Gasteiger partial charge in [0.15, 0.2) is 0 Å². The zero-order valence-corrected chi connectivity index (χ0v) is 16.2. The first-order valence-electron chi connectivity index (χ1n) is 8.33. The van der Waals surface area contributed by atoms with Crippen molar-refractivity contribution in [3.05, 3.63) is 30.1 Å². The maximum Gasteiger partial charge on any atom is 0.460 e. The number of halogens is 15. The number of alkyl halides is 15. The topological polar surface area (TPSA) is 48.2 Å². The third-order valence-corrected chi connectivity index (χ3v) is 4.37. The van der Waals surface area contributed by atoms with Crippen molar-refractivity contribution in [1.82, 2.24) is 10.1 Å². The van der Waals surface area contributed by atoms with Crippen molar-refractivity contribution in [2.75, 3.05) is 7.11 Å². The van der Waals surface area contributed by atoms with E-state index in [0.29, 0.717) is 0 Å². The summed E-state index contributed by atoms with van der Waals surface area (Å²) in [6.45, 7) is 0. The molecule has 1 heterocycles. The average molecular weight is 544 g/mol. The molecule has 0 saturated carbocycles. The molecule has 0 radical (unpaired) electrons. The number of nitrogens with zero attached hydrogens (tertiary/aromatic N) is 2. The Kier molecular flexibility index (Phi) is 6.54. The lowest BCUT2D eigenvalue weighted by molar-refractivity contribution is -0.454. The summed E-state index contributed by atoms with van der Waals surface area (Å²) in [5.74, 6) is -51.3. The van der Waals surface area contributed by atoms with E-state index in [1.54, 1.807) is 0 Å². The van der Waals surface area contributed by atoms with Crippen molar-refractivity contribution in [1.29, 1.82) is 0 Å². The van der Waals surface area contributed by atoms with Crippen molar-refractivity contribution in [2.24, 2.45) is 0 Å². The largest absolute Gasteiger partial charge is 0.497 e. The number of methoxy groups -OCH3 is 1. The molecule has 0 bridgehead atoms. The molecule has 1 aromatic carbocycles. The van der Waals surface area contributed by atoms with Crippen LogP contribution in [-0.4, -0.2) is 53.0 Å². The van der Waals surface area contributed by atoms with Gasteiger partial charge in [0.1, 0.15) is 5.75 Å². The summed E-state index contributed by atoms with van der Waals surface area (Å²) in [5, 5.41) is 2.18. The molecule has 0 N–H and O–H groups in total. The van der Waals surface area contributed by atoms with Gasteiger partial charge < -0.3 is 9.26 Å². The van der Waals surface area contributed by atoms with Gasteiger partial charge in [-0.1, -0.05) is 5.16 Å². The van der Waals surface area contributed by atoms with Crippen LogP contribution in [0.1, 0.15) is 5.82 Å². The SMILES string of the molecule is COc1ccc(-c2nc(C(F)(F)C(F)(F)C(F)(F)C(F)(F)C(F)(F)C(F)(F)C(F)(F)F)no2)cc1. The number of hydrogen-bond acceptors (Lipinski definition) is 4. The molecule has 0 aliphatic carbocycles. The zero-order chi connectivity index (χ0) is 27.5. The van der Waals surface area contributed by atoms with Crippen molar-refractivity contribution < 1.29 is 75.1 Å². The molecule has 0 fully saturated rings. The summed E-state index contributed by atoms with van der Waals surface area (Å²) < 4.78 is 208. The van der Waals surface area contributed by atoms with E-state index in [1.165, 1.54) is 7.11 Å². The van der Waals surface area contributed by atoms with Crippen molar-refractivity contribution >= 4 is 0 Å². The molecule has 2 rings (SSSR count). The molecule has 0 aliphatic heterocycles. The van der Waals surface area contributed by atoms with Crippen molar-refractivity contribution in [3.8, 4) is 17.2 Å². The van der Waals surface area contributed by atoms with E-state index in [9.17, 15) is 65.9 Å². The highest BCUT2D eigenvalue weighted by atomic mass is 19.4. The summed E-state index contributed by atoms with van der Waals surface area (Å²) >= 11 is 0. The number of aromatic nitrogens is 2. The summed E-state index contributed by atoms with van der Waals surface area (Å²) in [4.78, 5) is 2.58. The monoisotopic (exact) mass is 544 g/mol. The second-order valence-corrected chi connectivity index (χ2v) is 6.60. The Hall–Kier alpha value is -2.89. The van der Waals surface area contributed by atoms with E-state index in [1.807, 2.05) is 0 Å². The van der Waals surface area contributed by atoms with Gasteiger partial charge >= 0.3 is 41.7 Å². The van der Waals surface area contributed by atoms with E-state index in [4.69, 9.17) is 4.74 Å². The first kappa shape index (κ1) is 28.3. The molecule has 1 aromatic heterocycles. The van der Waals surface area contributed by atoms with Crippen LogP contribution in [-0.2, 0) is 5.92 Å². The Bertz CT molecular complexity index is 1040. The third kappa shape index (κ3) is 3.91. The van der Waals surface area contributed by atoms with Crippen LogP contribution in [0.5, 0.6) is 5.75 Å². The molecule has 35 heavy (non-hydrogen) atoms. The van der Waals surface area contributed by atoms with Crippen LogP contribution in [0.2, 0.25) is 0 Å². The van der Waals surface area contributed by atoms with Gasteiger partial charge in [-0.15, -0.1) is 0 Å². The number of benzene rings is 1. The van der Waals surface area contributed by atoms with Crippen LogP contribution >= 0.6 is 0 Å². The van der Waals surface area contributed by atoms with Crippen LogP contribution < -0.4 is 4.74 Å². The zero-order valence-electron chi connectivity index (χ0n) is 16.2. The maximum absolute atomic E-state index is 14.1. The Labute approximate surface area is 182 Å². The van der Waals surface area contributed by atoms with Gasteiger partial charge in [0.05, 0.1) is 7.11 Å². The van der Waals surface area contributed by atoms with Gasteiger partial charge in [-0.2, -0.15) is 70.8 Å². The lowest BCUT2D eigenvalue weighted by Crippen LogP contribution is -2.72. The summed E-state index contributed by atoms with van der Waals surface area (Å²) in [6.07, 6.45) is -7.67. The minimum absolute atomic E-state index is 0.142. The van der Waals surface area contributed by atoms with Crippen LogP contribution in [0.4, 0.5) is 65.9 Å². The second-order valence-electron chi connectivity index (χ2n) is 6.60. The lowest BCUT2D eigenvalue weighted by atomic mass is 9.91. The fourth-order valence-corrected chi connectivity index (χ4v) is 2.31. The number of ether oxygens (including phenoxy) is 1. The average Bonchev–Trinajstić information content (AvgIpc) is 3.23. The second kappa shape index (κ2) is 8.07. The molecule has 0 amide bonds. The molecule has 2 aromatic rings. The standard InChI is InChI=1S/C16H7F15N2O2/c1-34-7-4-2-6(3-5-7)8-32-9(33-35-8)10(17,18)11(19,20)12(21,22)13(23,24)14(25,26)15(27,28)16(29,30)31/h2-5H,1H3. The third-order valence-electron chi connectivity index (χ3n) is 4.37. The van der Waals surface area contributed by atoms with Gasteiger partial charge in [-0.25, -0.2) is 0 Å². The molecule has 19 heteroatoms. The van der Waals surface area contributed by atoms with Gasteiger partial charge in [0, 0.05) is 5.56 Å². The quantitative estimate of drug-likeness (QED) is 0.353. The molecule has 198 valence electrons. The fourth-order valence-electron chi connectivity index (χ4n) is 2.31. The Morgan fingerprint density at radius 3 is 1.49 bits per heavy atom. The van der Waals surface area contributed by atoms with E-state index in [-0.39, 0.29) is 11.3 Å². The Morgan fingerprint density at radius 2 is 1.06 bits per heavy atom. The van der Waals surface area contributed by atoms with Gasteiger partial charge in [0.25, 0.3) is 5.89 Å². The first-order valence-corrected chi connectivity index (χ1v) is 8.33. The fraction of sp³-hybridized carbons (Fsp3) is 0.500. The van der Waals surface area contributed by atoms with E-state index < -0.39 is 53.4 Å². The first-order chi connectivity index (χ1) is 15.5. The molecule has 0 unspecified atom stereocenters. The molecular formula is C16H7F15N2O2. The molecule has 4 nitrogen and oxygen atoms in total. The summed E-state index contributed by atoms with van der Waals surface area (Å²) in [7, 11) is 1.19. The normalized spacial score (nSPS) is 14.9. The minimum atomic E-state index is -8.39. The molecule has 0 spiro atoms. The number of hydrogen-bond donors (Lipinski definition) is 0. The Balaban J connectivity index is 2.55. The van der Waals surface area contributed by atoms with Gasteiger partial charge in [0.2, 0.25) is 5.82 Å². The summed E-state index contributed by atoms with van der Waals surface area (Å²) in [6, 6.07) is 4.16. The highest BCUT2D eigenvalue weighted by molar-refractivity contribution is 5.54. The molecule has 0 aliphatic rings. The van der Waals surface area contributed by atoms with E-state index in [2.05, 4.69) is 14.7 Å². The van der Waals surface area contributed by atoms with Crippen molar-refractivity contribution in [3.63, 3.8) is 0 Å². The summed E-state index contributed by atoms with van der Waals surface area (Å²) in [5.41, 5.74) is -0.364. The highest BCUT2D eigenvalue weighted by Crippen LogP contribution is 2.63. The molecular weight excluding hydrogens is 537 g/mol. The number of rotatable bonds is 8. The predicted molar refractivity (Wildman–Crippen MR) is 81.0 cm³/mol. The molecule has 0 atom stereocenters. The smallest absolute Gasteiger partial charge is 0.460 e. The Morgan fingerprint density at radius 1 is 0.629 bits per heavy atom. The van der Waals surface area contributed by atoms with Crippen molar-refractivity contribution in [2.45, 2.75) is 41.7 Å². The van der Waals surface area contributed by atoms with Crippen LogP contribution in [0, 0.1) is 0 Å². The van der Waals surface area contributed by atoms with Crippen LogP contribution in [0.15, 0.2) is 28.8 Å². The van der Waals surface area contributed by atoms with Gasteiger partial charge in [-0.05, 0) is 24.3 Å². The van der Waals surface area contributed by atoms with E-state index in [0.717, 1.165) is 24.3 Å². The molecule has 0 saturated heterocycles. The maximum atomic E-state index is 14.1. The lowest BCUT2D eigenvalue weighted by Gasteiger charge is -2.40. The predicted octanol–water partition coefficient (Wildman–Crippen LogP) is 6.58. The van der Waals surface area contributed by atoms with Gasteiger partial charge in [-0.3, -0.25) is 0 Å².